The number of carbonyl (C=O) groups excluding carboxylic acids is 1. The molecule has 2 fully saturated rings. The zero-order valence-corrected chi connectivity index (χ0v) is 24.2. The van der Waals surface area contributed by atoms with Crippen LogP contribution < -0.4 is 9.64 Å². The highest BCUT2D eigenvalue weighted by atomic mass is 32.1. The van der Waals surface area contributed by atoms with Crippen LogP contribution in [-0.2, 0) is 9.47 Å². The number of aryl methyl sites for hydroxylation is 1. The third-order valence-corrected chi connectivity index (χ3v) is 7.82. The maximum Gasteiger partial charge on any atom is 0.410 e. The predicted octanol–water partition coefficient (Wildman–Crippen LogP) is 5.78. The van der Waals surface area contributed by atoms with E-state index >= 15 is 0 Å². The number of hydrogen-bond donors (Lipinski definition) is 0. The molecule has 1 aliphatic carbocycles. The van der Waals surface area contributed by atoms with Crippen LogP contribution in [0.25, 0.3) is 21.7 Å². The summed E-state index contributed by atoms with van der Waals surface area (Å²) in [6.07, 6.45) is 4.90. The van der Waals surface area contributed by atoms with E-state index in [0.717, 1.165) is 52.0 Å². The van der Waals surface area contributed by atoms with Crippen LogP contribution in [-0.4, -0.2) is 71.4 Å². The van der Waals surface area contributed by atoms with E-state index < -0.39 is 5.60 Å². The number of thiazole rings is 1. The largest absolute Gasteiger partial charge is 0.467 e. The van der Waals surface area contributed by atoms with E-state index in [-0.39, 0.29) is 18.9 Å². The van der Waals surface area contributed by atoms with Crippen LogP contribution in [0, 0.1) is 12.8 Å². The number of anilines is 1. The van der Waals surface area contributed by atoms with Crippen LogP contribution in [0.3, 0.4) is 0 Å². The van der Waals surface area contributed by atoms with Gasteiger partial charge in [-0.25, -0.2) is 9.78 Å². The Balaban J connectivity index is 1.31. The fourth-order valence-electron chi connectivity index (χ4n) is 4.74. The summed E-state index contributed by atoms with van der Waals surface area (Å²) in [6, 6.07) is 10.1. The van der Waals surface area contributed by atoms with Gasteiger partial charge in [0.2, 0.25) is 0 Å². The minimum Gasteiger partial charge on any atom is -0.467 e. The van der Waals surface area contributed by atoms with Crippen molar-refractivity contribution in [2.75, 3.05) is 38.4 Å². The molecule has 3 aromatic rings. The van der Waals surface area contributed by atoms with Gasteiger partial charge in [-0.2, -0.15) is 0 Å². The number of nitrogens with zero attached hydrogens (tertiary/aromatic N) is 5. The molecule has 0 spiro atoms. The van der Waals surface area contributed by atoms with Gasteiger partial charge in [0, 0.05) is 38.5 Å². The Morgan fingerprint density at radius 1 is 1.15 bits per heavy atom. The molecule has 9 nitrogen and oxygen atoms in total. The van der Waals surface area contributed by atoms with Gasteiger partial charge in [0.1, 0.15) is 11.4 Å². The molecule has 0 N–H and O–H groups in total. The first-order valence-corrected chi connectivity index (χ1v) is 14.3. The van der Waals surface area contributed by atoms with Gasteiger partial charge in [-0.1, -0.05) is 6.07 Å². The van der Waals surface area contributed by atoms with Crippen molar-refractivity contribution in [2.24, 2.45) is 5.92 Å². The monoisotopic (exact) mass is 551 g/mol. The van der Waals surface area contributed by atoms with Crippen LogP contribution >= 0.6 is 11.3 Å². The van der Waals surface area contributed by atoms with Crippen LogP contribution in [0.2, 0.25) is 0 Å². The molecule has 1 atom stereocenters. The van der Waals surface area contributed by atoms with Gasteiger partial charge in [-0.3, -0.25) is 0 Å². The highest BCUT2D eigenvalue weighted by Gasteiger charge is 2.37. The van der Waals surface area contributed by atoms with Crippen molar-refractivity contribution in [3.8, 4) is 27.4 Å². The van der Waals surface area contributed by atoms with Crippen LogP contribution in [0.1, 0.15) is 45.0 Å². The molecule has 1 saturated heterocycles. The van der Waals surface area contributed by atoms with Crippen LogP contribution in [0.5, 0.6) is 5.75 Å². The first-order valence-electron chi connectivity index (χ1n) is 13.5. The summed E-state index contributed by atoms with van der Waals surface area (Å²) in [6.45, 7) is 10.2. The molecule has 1 aliphatic heterocycles. The van der Waals surface area contributed by atoms with Gasteiger partial charge in [0.25, 0.3) is 0 Å². The van der Waals surface area contributed by atoms with Gasteiger partial charge in [0.15, 0.2) is 12.6 Å². The molecule has 5 rings (SSSR count). The molecule has 0 radical (unpaired) electrons. The van der Waals surface area contributed by atoms with Crippen LogP contribution in [0.4, 0.5) is 10.6 Å². The fourth-order valence-corrected chi connectivity index (χ4v) is 5.51. The minimum atomic E-state index is -0.512. The topological polar surface area (TPSA) is 89.9 Å². The number of aromatic nitrogens is 3. The number of benzene rings is 1. The Bertz CT molecular complexity index is 1290. The van der Waals surface area contributed by atoms with Crippen molar-refractivity contribution in [1.29, 1.82) is 0 Å². The summed E-state index contributed by atoms with van der Waals surface area (Å²) in [5.74, 6) is 2.07. The Morgan fingerprint density at radius 2 is 1.97 bits per heavy atom. The van der Waals surface area contributed by atoms with Crippen molar-refractivity contribution in [3.05, 3.63) is 41.5 Å². The zero-order chi connectivity index (χ0) is 27.6. The number of rotatable bonds is 9. The van der Waals surface area contributed by atoms with E-state index in [1.54, 1.807) is 18.4 Å². The van der Waals surface area contributed by atoms with Crippen molar-refractivity contribution in [1.82, 2.24) is 20.1 Å². The molecule has 10 heteroatoms. The number of methoxy groups -OCH3 is 1. The Hall–Kier alpha value is -3.24. The summed E-state index contributed by atoms with van der Waals surface area (Å²) in [4.78, 5) is 22.6. The molecule has 208 valence electrons. The van der Waals surface area contributed by atoms with E-state index in [0.29, 0.717) is 18.2 Å². The van der Waals surface area contributed by atoms with E-state index in [4.69, 9.17) is 14.2 Å². The average Bonchev–Trinajstić information content (AvgIpc) is 3.41. The smallest absolute Gasteiger partial charge is 0.410 e. The Morgan fingerprint density at radius 3 is 2.62 bits per heavy atom. The summed E-state index contributed by atoms with van der Waals surface area (Å²) >= 11 is 1.64. The van der Waals surface area contributed by atoms with Crippen molar-refractivity contribution < 1.29 is 19.0 Å². The summed E-state index contributed by atoms with van der Waals surface area (Å²) in [7, 11) is 1.60. The highest BCUT2D eigenvalue weighted by molar-refractivity contribution is 7.15. The van der Waals surface area contributed by atoms with Crippen molar-refractivity contribution in [3.63, 3.8) is 0 Å². The summed E-state index contributed by atoms with van der Waals surface area (Å²) in [5.41, 5.74) is 2.08. The maximum absolute atomic E-state index is 13.0. The first kappa shape index (κ1) is 27.3. The van der Waals surface area contributed by atoms with Gasteiger partial charge in [0.05, 0.1) is 21.6 Å². The second-order valence-electron chi connectivity index (χ2n) is 11.2. The lowest BCUT2D eigenvalue weighted by atomic mass is 10.1. The zero-order valence-electron chi connectivity index (χ0n) is 23.3. The lowest BCUT2D eigenvalue weighted by molar-refractivity contribution is 0.0167. The molecule has 3 heterocycles. The molecule has 2 aromatic heterocycles. The SMILES string of the molecule is COCOc1cc(-c2cnc(C)s2)ccc1-c1ccc(N2CC[C@H](N(CC3CC3)C(=O)OC(C)(C)C)C2)nn1. The Kier molecular flexibility index (Phi) is 8.04. The number of hydrogen-bond acceptors (Lipinski definition) is 9. The average molecular weight is 552 g/mol. The van der Waals surface area contributed by atoms with Gasteiger partial charge in [-0.05, 0) is 82.7 Å². The van der Waals surface area contributed by atoms with Crippen molar-refractivity contribution >= 4 is 23.2 Å². The molecule has 39 heavy (non-hydrogen) atoms. The normalized spacial score (nSPS) is 17.4. The molecular formula is C29H37N5O4S. The summed E-state index contributed by atoms with van der Waals surface area (Å²) in [5, 5.41) is 10.1. The fraction of sp³-hybridized carbons (Fsp3) is 0.517. The third kappa shape index (κ3) is 6.86. The number of amides is 1. The molecule has 0 bridgehead atoms. The van der Waals surface area contributed by atoms with E-state index in [1.807, 2.05) is 69.1 Å². The summed E-state index contributed by atoms with van der Waals surface area (Å²) < 4.78 is 16.8. The van der Waals surface area contributed by atoms with Gasteiger partial charge >= 0.3 is 6.09 Å². The van der Waals surface area contributed by atoms with Gasteiger partial charge in [-0.15, -0.1) is 21.5 Å². The quantitative estimate of drug-likeness (QED) is 0.309. The number of carbonyl (C=O) groups is 1. The van der Waals surface area contributed by atoms with Crippen LogP contribution in [0.15, 0.2) is 36.5 Å². The predicted molar refractivity (Wildman–Crippen MR) is 152 cm³/mol. The van der Waals surface area contributed by atoms with E-state index in [9.17, 15) is 4.79 Å². The molecular weight excluding hydrogens is 514 g/mol. The molecule has 0 unspecified atom stereocenters. The second kappa shape index (κ2) is 11.5. The molecule has 1 saturated carbocycles. The Labute approximate surface area is 234 Å². The number of ether oxygens (including phenoxy) is 3. The standard InChI is InChI=1S/C29H37N5O4S/c1-19-30-15-26(39-19)21-8-9-23(25(14-21)37-18-36-5)24-10-11-27(32-31-24)33-13-12-22(17-33)34(16-20-6-7-20)28(35)38-29(2,3)4/h8-11,14-15,20,22H,6-7,12-13,16-18H2,1-5H3/t22-/m0/s1. The third-order valence-electron chi connectivity index (χ3n) is 6.85. The lowest BCUT2D eigenvalue weighted by Crippen LogP contribution is -2.45. The molecule has 2 aliphatic rings. The van der Waals surface area contributed by atoms with E-state index in [2.05, 4.69) is 20.1 Å². The van der Waals surface area contributed by atoms with Gasteiger partial charge < -0.3 is 24.0 Å². The highest BCUT2D eigenvalue weighted by Crippen LogP contribution is 2.36. The maximum atomic E-state index is 13.0. The lowest BCUT2D eigenvalue weighted by Gasteiger charge is -2.31. The van der Waals surface area contributed by atoms with Crippen molar-refractivity contribution in [2.45, 2.75) is 58.6 Å². The first-order chi connectivity index (χ1) is 18.7. The molecule has 1 aromatic carbocycles. The second-order valence-corrected chi connectivity index (χ2v) is 12.5. The van der Waals surface area contributed by atoms with E-state index in [1.165, 1.54) is 12.8 Å². The molecule has 1 amide bonds. The minimum absolute atomic E-state index is 0.0962.